The zero-order valence-corrected chi connectivity index (χ0v) is 6.83. The number of nitrogens with zero attached hydrogens (tertiary/aromatic N) is 1. The van der Waals surface area contributed by atoms with Crippen LogP contribution in [0.3, 0.4) is 0 Å². The molecule has 9 heavy (non-hydrogen) atoms. The van der Waals surface area contributed by atoms with Gasteiger partial charge < -0.3 is 0 Å². The summed E-state index contributed by atoms with van der Waals surface area (Å²) in [4.78, 5) is 0. The van der Waals surface area contributed by atoms with Crippen LogP contribution in [0.4, 0.5) is 0 Å². The van der Waals surface area contributed by atoms with Gasteiger partial charge in [-0.25, -0.2) is 12.7 Å². The first-order valence-electron chi connectivity index (χ1n) is 2.65. The minimum absolute atomic E-state index is 0.206. The van der Waals surface area contributed by atoms with Gasteiger partial charge >= 0.3 is 0 Å². The molecule has 0 aromatic rings. The Labute approximate surface area is 59.5 Å². The predicted octanol–water partition coefficient (Wildman–Crippen LogP) is -0.0477. The molecule has 0 saturated carbocycles. The fourth-order valence-electron chi connectivity index (χ4n) is 0.699. The summed E-state index contributed by atoms with van der Waals surface area (Å²) in [5.74, 6) is 1.25. The molecule has 3 nitrogen and oxygen atoms in total. The summed E-state index contributed by atoms with van der Waals surface area (Å²) in [5.41, 5.74) is 0. The van der Waals surface area contributed by atoms with Crippen LogP contribution < -0.4 is 0 Å². The first-order valence-corrected chi connectivity index (χ1v) is 5.41. The summed E-state index contributed by atoms with van der Waals surface area (Å²) >= 11 is 1.57. The molecule has 54 valence electrons. The highest BCUT2D eigenvalue weighted by molar-refractivity contribution is 8.01. The Morgan fingerprint density at radius 2 is 2.22 bits per heavy atom. The van der Waals surface area contributed by atoms with Crippen molar-refractivity contribution in [2.45, 2.75) is 0 Å². The van der Waals surface area contributed by atoms with E-state index in [2.05, 4.69) is 0 Å². The van der Waals surface area contributed by atoms with Crippen molar-refractivity contribution >= 4 is 21.8 Å². The second-order valence-electron chi connectivity index (χ2n) is 2.04. The van der Waals surface area contributed by atoms with E-state index in [4.69, 9.17) is 0 Å². The maximum Gasteiger partial charge on any atom is 0.165 e. The first-order chi connectivity index (χ1) is 4.10. The molecule has 0 unspecified atom stereocenters. The van der Waals surface area contributed by atoms with E-state index >= 15 is 0 Å². The molecule has 0 aromatic heterocycles. The van der Waals surface area contributed by atoms with Crippen molar-refractivity contribution in [2.75, 3.05) is 24.4 Å². The minimum Gasteiger partial charge on any atom is -0.239 e. The average molecular weight is 167 g/mol. The molecule has 0 atom stereocenters. The molecule has 0 aromatic carbocycles. The van der Waals surface area contributed by atoms with E-state index in [1.165, 1.54) is 0 Å². The molecule has 1 fully saturated rings. The fourth-order valence-corrected chi connectivity index (χ4v) is 3.79. The van der Waals surface area contributed by atoms with Crippen molar-refractivity contribution in [1.82, 2.24) is 4.31 Å². The lowest BCUT2D eigenvalue weighted by atomic mass is 11.0. The molecule has 0 N–H and O–H groups in total. The van der Waals surface area contributed by atoms with E-state index in [1.807, 2.05) is 0 Å². The zero-order valence-electron chi connectivity index (χ0n) is 5.20. The Kier molecular flexibility index (Phi) is 2.03. The Hall–Kier alpha value is 0.260. The lowest BCUT2D eigenvalue weighted by molar-refractivity contribution is 0.561. The Morgan fingerprint density at radius 3 is 2.56 bits per heavy atom. The van der Waals surface area contributed by atoms with Gasteiger partial charge in [-0.1, -0.05) is 11.9 Å². The van der Waals surface area contributed by atoms with Crippen LogP contribution in [-0.4, -0.2) is 37.2 Å². The van der Waals surface area contributed by atoms with Crippen molar-refractivity contribution in [3.63, 3.8) is 0 Å². The van der Waals surface area contributed by atoms with E-state index in [-0.39, 0.29) is 5.88 Å². The maximum absolute atomic E-state index is 10.8. The van der Waals surface area contributed by atoms with Crippen LogP contribution in [0.1, 0.15) is 0 Å². The molecule has 0 aliphatic carbocycles. The van der Waals surface area contributed by atoms with Gasteiger partial charge in [0.15, 0.2) is 9.84 Å². The largest absolute Gasteiger partial charge is 0.239 e. The van der Waals surface area contributed by atoms with E-state index in [0.717, 1.165) is 0 Å². The van der Waals surface area contributed by atoms with Crippen molar-refractivity contribution < 1.29 is 8.42 Å². The molecule has 1 aliphatic rings. The monoisotopic (exact) mass is 167 g/mol. The third-order valence-corrected chi connectivity index (χ3v) is 4.07. The van der Waals surface area contributed by atoms with Crippen LogP contribution in [0.2, 0.25) is 0 Å². The van der Waals surface area contributed by atoms with Gasteiger partial charge in [-0.2, -0.15) is 0 Å². The van der Waals surface area contributed by atoms with Crippen LogP contribution in [0.15, 0.2) is 0 Å². The lowest BCUT2D eigenvalue weighted by Gasteiger charge is -2.20. The normalized spacial score (nSPS) is 28.1. The first kappa shape index (κ1) is 7.37. The summed E-state index contributed by atoms with van der Waals surface area (Å²) in [6.45, 7) is 0. The Bertz CT molecular complexity index is 187. The van der Waals surface area contributed by atoms with Crippen molar-refractivity contribution in [2.24, 2.45) is 0 Å². The van der Waals surface area contributed by atoms with E-state index in [9.17, 15) is 8.42 Å². The van der Waals surface area contributed by atoms with Gasteiger partial charge in [-0.15, -0.1) is 0 Å². The number of hydrogen-bond acceptors (Lipinski definition) is 4. The summed E-state index contributed by atoms with van der Waals surface area (Å²) < 4.78 is 23.4. The smallest absolute Gasteiger partial charge is 0.165 e. The highest BCUT2D eigenvalue weighted by Crippen LogP contribution is 2.15. The fraction of sp³-hybridized carbons (Fsp3) is 1.00. The topological polar surface area (TPSA) is 37.4 Å². The van der Waals surface area contributed by atoms with Crippen molar-refractivity contribution in [3.8, 4) is 0 Å². The van der Waals surface area contributed by atoms with Gasteiger partial charge in [0, 0.05) is 5.75 Å². The number of hydrogen-bond donors (Lipinski definition) is 0. The third kappa shape index (κ3) is 2.15. The lowest BCUT2D eigenvalue weighted by Crippen LogP contribution is -2.29. The molecule has 0 bridgehead atoms. The molecule has 1 heterocycles. The summed E-state index contributed by atoms with van der Waals surface area (Å²) in [6.07, 6.45) is 0. The predicted molar refractivity (Wildman–Crippen MR) is 38.9 cm³/mol. The van der Waals surface area contributed by atoms with Crippen molar-refractivity contribution in [1.29, 1.82) is 0 Å². The summed E-state index contributed by atoms with van der Waals surface area (Å²) in [5, 5.41) is 0. The second kappa shape index (κ2) is 2.48. The van der Waals surface area contributed by atoms with Crippen LogP contribution >= 0.6 is 11.9 Å². The van der Waals surface area contributed by atoms with Gasteiger partial charge in [-0.3, -0.25) is 0 Å². The van der Waals surface area contributed by atoms with Crippen molar-refractivity contribution in [3.05, 3.63) is 0 Å². The van der Waals surface area contributed by atoms with Crippen LogP contribution in [0.5, 0.6) is 0 Å². The van der Waals surface area contributed by atoms with Crippen LogP contribution in [0, 0.1) is 0 Å². The molecule has 1 aliphatic heterocycles. The number of rotatable bonds is 0. The zero-order chi connectivity index (χ0) is 6.91. The van der Waals surface area contributed by atoms with Gasteiger partial charge in [0.2, 0.25) is 0 Å². The highest BCUT2D eigenvalue weighted by Gasteiger charge is 2.19. The molecule has 0 radical (unpaired) electrons. The van der Waals surface area contributed by atoms with Gasteiger partial charge in [-0.05, 0) is 7.05 Å². The van der Waals surface area contributed by atoms with Gasteiger partial charge in [0.25, 0.3) is 0 Å². The van der Waals surface area contributed by atoms with E-state index in [1.54, 1.807) is 23.3 Å². The Morgan fingerprint density at radius 1 is 1.56 bits per heavy atom. The molecule has 0 spiro atoms. The standard InChI is InChI=1S/C4H9NO2S2/c1-5-4-9(6,7)3-2-8-5/h2-4H2,1H3. The van der Waals surface area contributed by atoms with Gasteiger partial charge in [0.1, 0.15) is 5.88 Å². The third-order valence-electron chi connectivity index (χ3n) is 1.08. The second-order valence-corrected chi connectivity index (χ2v) is 5.48. The SMILES string of the molecule is CN1CS(=O)(=O)CCS1. The summed E-state index contributed by atoms with van der Waals surface area (Å²) in [7, 11) is -0.934. The van der Waals surface area contributed by atoms with Crippen LogP contribution in [0.25, 0.3) is 0 Å². The quantitative estimate of drug-likeness (QED) is 0.474. The molecule has 0 amide bonds. The van der Waals surface area contributed by atoms with E-state index < -0.39 is 9.84 Å². The summed E-state index contributed by atoms with van der Waals surface area (Å²) in [6, 6.07) is 0. The highest BCUT2D eigenvalue weighted by atomic mass is 32.2. The number of sulfone groups is 1. The molecule has 5 heteroatoms. The Balaban J connectivity index is 2.62. The molecular weight excluding hydrogens is 158 g/mol. The average Bonchev–Trinajstić information content (AvgIpc) is 1.60. The van der Waals surface area contributed by atoms with Gasteiger partial charge in [0.05, 0.1) is 5.75 Å². The molecule has 1 rings (SSSR count). The van der Waals surface area contributed by atoms with E-state index in [0.29, 0.717) is 11.5 Å². The molecular formula is C4H9NO2S2. The van der Waals surface area contributed by atoms with Crippen LogP contribution in [-0.2, 0) is 9.84 Å². The minimum atomic E-state index is -2.73. The maximum atomic E-state index is 10.8. The molecule has 1 saturated heterocycles.